The van der Waals surface area contributed by atoms with E-state index in [0.717, 1.165) is 93.8 Å². The number of hydrogen-bond donors (Lipinski definition) is 0. The minimum atomic E-state index is 0.822. The number of furan rings is 3. The SMILES string of the molecule is c1cnc2cc3oc4cc(N(c5ccc6oc7ccccc7c6c5)c5ccc6oc7ccccc7c6c5)ccc4c3cc2c1. The predicted octanol–water partition coefficient (Wildman–Crippen LogP) is 11.4. The molecule has 4 heterocycles. The van der Waals surface area contributed by atoms with Crippen molar-refractivity contribution in [3.8, 4) is 0 Å². The lowest BCUT2D eigenvalue weighted by Crippen LogP contribution is -2.09. The standard InChI is InChI=1S/C39H22N2O3/c1-3-9-34-27(7-1)31-19-24(12-15-36(31)42-34)41(25-13-16-37-32(20-25)28-8-2-4-10-35(28)43-37)26-11-14-29-30-18-23-6-5-17-40-33(23)22-39(30)44-38(29)21-26/h1-22H. The van der Waals surface area contributed by atoms with Crippen LogP contribution in [0.15, 0.2) is 147 Å². The number of anilines is 3. The van der Waals surface area contributed by atoms with Crippen LogP contribution in [0.5, 0.6) is 0 Å². The molecule has 0 bridgehead atoms. The Kier molecular flexibility index (Phi) is 4.66. The molecule has 0 amide bonds. The fourth-order valence-corrected chi connectivity index (χ4v) is 6.63. The van der Waals surface area contributed by atoms with Crippen molar-refractivity contribution in [2.24, 2.45) is 0 Å². The Balaban J connectivity index is 1.22. The van der Waals surface area contributed by atoms with Crippen molar-refractivity contribution in [2.75, 3.05) is 4.90 Å². The molecule has 0 unspecified atom stereocenters. The summed E-state index contributed by atoms with van der Waals surface area (Å²) in [5.41, 5.74) is 9.06. The third-order valence-corrected chi connectivity index (χ3v) is 8.67. The van der Waals surface area contributed by atoms with E-state index in [4.69, 9.17) is 13.3 Å². The van der Waals surface area contributed by atoms with Crippen LogP contribution >= 0.6 is 0 Å². The Morgan fingerprint density at radius 3 is 1.61 bits per heavy atom. The van der Waals surface area contributed by atoms with E-state index in [9.17, 15) is 0 Å². The third kappa shape index (κ3) is 3.38. The van der Waals surface area contributed by atoms with E-state index < -0.39 is 0 Å². The highest BCUT2D eigenvalue weighted by atomic mass is 16.3. The zero-order valence-corrected chi connectivity index (χ0v) is 23.3. The van der Waals surface area contributed by atoms with E-state index in [1.165, 1.54) is 0 Å². The summed E-state index contributed by atoms with van der Waals surface area (Å²) in [5.74, 6) is 0. The minimum Gasteiger partial charge on any atom is -0.456 e. The van der Waals surface area contributed by atoms with Gasteiger partial charge in [0.1, 0.15) is 33.5 Å². The van der Waals surface area contributed by atoms with Gasteiger partial charge in [0.25, 0.3) is 0 Å². The molecule has 10 aromatic rings. The van der Waals surface area contributed by atoms with E-state index in [-0.39, 0.29) is 0 Å². The number of hydrogen-bond acceptors (Lipinski definition) is 5. The molecule has 5 nitrogen and oxygen atoms in total. The monoisotopic (exact) mass is 566 g/mol. The van der Waals surface area contributed by atoms with Gasteiger partial charge in [0.05, 0.1) is 5.52 Å². The molecule has 0 spiro atoms. The van der Waals surface area contributed by atoms with Crippen LogP contribution in [0.4, 0.5) is 17.1 Å². The van der Waals surface area contributed by atoms with Crippen LogP contribution in [0.1, 0.15) is 0 Å². The average Bonchev–Trinajstić information content (AvgIpc) is 3.74. The van der Waals surface area contributed by atoms with Gasteiger partial charge in [-0.15, -0.1) is 0 Å². The quantitative estimate of drug-likeness (QED) is 0.213. The number of nitrogens with zero attached hydrogens (tertiary/aromatic N) is 2. The largest absolute Gasteiger partial charge is 0.456 e. The highest BCUT2D eigenvalue weighted by Gasteiger charge is 2.19. The van der Waals surface area contributed by atoms with Crippen LogP contribution in [0.3, 0.4) is 0 Å². The van der Waals surface area contributed by atoms with Crippen molar-refractivity contribution in [3.05, 3.63) is 134 Å². The van der Waals surface area contributed by atoms with Gasteiger partial charge in [0.15, 0.2) is 0 Å². The number of para-hydroxylation sites is 2. The first-order chi connectivity index (χ1) is 21.8. The van der Waals surface area contributed by atoms with Gasteiger partial charge in [-0.1, -0.05) is 42.5 Å². The second kappa shape index (κ2) is 8.72. The van der Waals surface area contributed by atoms with E-state index in [1.807, 2.05) is 54.7 Å². The first kappa shape index (κ1) is 23.5. The summed E-state index contributed by atoms with van der Waals surface area (Å²) < 4.78 is 18.8. The van der Waals surface area contributed by atoms with Crippen molar-refractivity contribution >= 4 is 93.8 Å². The second-order valence-corrected chi connectivity index (χ2v) is 11.2. The van der Waals surface area contributed by atoms with Gasteiger partial charge in [0.2, 0.25) is 0 Å². The molecule has 0 N–H and O–H groups in total. The molecule has 0 saturated carbocycles. The minimum absolute atomic E-state index is 0.822. The first-order valence-electron chi connectivity index (χ1n) is 14.6. The van der Waals surface area contributed by atoms with Crippen molar-refractivity contribution in [1.29, 1.82) is 0 Å². The summed E-state index contributed by atoms with van der Waals surface area (Å²) in [6.07, 6.45) is 1.81. The topological polar surface area (TPSA) is 55.6 Å². The maximum Gasteiger partial charge on any atom is 0.137 e. The molecule has 44 heavy (non-hydrogen) atoms. The molecule has 0 atom stereocenters. The Morgan fingerprint density at radius 2 is 0.909 bits per heavy atom. The Bertz CT molecular complexity index is 2630. The molecule has 0 radical (unpaired) electrons. The molecule has 206 valence electrons. The lowest BCUT2D eigenvalue weighted by atomic mass is 10.1. The van der Waals surface area contributed by atoms with Gasteiger partial charge in [-0.3, -0.25) is 4.98 Å². The van der Waals surface area contributed by atoms with E-state index in [0.29, 0.717) is 0 Å². The van der Waals surface area contributed by atoms with E-state index in [2.05, 4.69) is 88.7 Å². The number of pyridine rings is 1. The molecule has 0 aliphatic carbocycles. The molecule has 0 saturated heterocycles. The molecule has 4 aromatic heterocycles. The van der Waals surface area contributed by atoms with Crippen LogP contribution in [0.2, 0.25) is 0 Å². The third-order valence-electron chi connectivity index (χ3n) is 8.67. The van der Waals surface area contributed by atoms with Gasteiger partial charge in [-0.25, -0.2) is 0 Å². The van der Waals surface area contributed by atoms with Gasteiger partial charge in [-0.2, -0.15) is 0 Å². The summed E-state index contributed by atoms with van der Waals surface area (Å²) in [6.45, 7) is 0. The highest BCUT2D eigenvalue weighted by Crippen LogP contribution is 2.43. The van der Waals surface area contributed by atoms with Crippen LogP contribution in [0.25, 0.3) is 76.7 Å². The smallest absolute Gasteiger partial charge is 0.137 e. The number of fused-ring (bicyclic) bond motifs is 10. The van der Waals surface area contributed by atoms with Crippen molar-refractivity contribution in [1.82, 2.24) is 4.98 Å². The molecule has 0 fully saturated rings. The second-order valence-electron chi connectivity index (χ2n) is 11.2. The molecule has 5 heteroatoms. The fraction of sp³-hybridized carbons (Fsp3) is 0. The van der Waals surface area contributed by atoms with Crippen molar-refractivity contribution < 1.29 is 13.3 Å². The number of benzene rings is 6. The number of rotatable bonds is 3. The van der Waals surface area contributed by atoms with Crippen molar-refractivity contribution in [3.63, 3.8) is 0 Å². The van der Waals surface area contributed by atoms with E-state index in [1.54, 1.807) is 0 Å². The lowest BCUT2D eigenvalue weighted by molar-refractivity contribution is 0.668. The van der Waals surface area contributed by atoms with Crippen LogP contribution in [-0.2, 0) is 0 Å². The highest BCUT2D eigenvalue weighted by molar-refractivity contribution is 6.11. The van der Waals surface area contributed by atoms with Crippen LogP contribution < -0.4 is 4.90 Å². The van der Waals surface area contributed by atoms with E-state index >= 15 is 0 Å². The zero-order valence-electron chi connectivity index (χ0n) is 23.3. The summed E-state index contributed by atoms with van der Waals surface area (Å²) in [5, 5.41) is 7.57. The summed E-state index contributed by atoms with van der Waals surface area (Å²) >= 11 is 0. The van der Waals surface area contributed by atoms with Gasteiger partial charge in [0, 0.05) is 73.1 Å². The lowest BCUT2D eigenvalue weighted by Gasteiger charge is -2.25. The number of aromatic nitrogens is 1. The van der Waals surface area contributed by atoms with Gasteiger partial charge >= 0.3 is 0 Å². The van der Waals surface area contributed by atoms with Crippen molar-refractivity contribution in [2.45, 2.75) is 0 Å². The Morgan fingerprint density at radius 1 is 0.386 bits per heavy atom. The maximum atomic E-state index is 6.46. The predicted molar refractivity (Wildman–Crippen MR) is 178 cm³/mol. The average molecular weight is 567 g/mol. The summed E-state index contributed by atoms with van der Waals surface area (Å²) in [7, 11) is 0. The molecule has 0 aliphatic rings. The molecule has 10 rings (SSSR count). The summed E-state index contributed by atoms with van der Waals surface area (Å²) in [4.78, 5) is 6.80. The Hall–Kier alpha value is -6.07. The van der Waals surface area contributed by atoms with Gasteiger partial charge < -0.3 is 18.2 Å². The first-order valence-corrected chi connectivity index (χ1v) is 14.6. The maximum absolute atomic E-state index is 6.46. The molecular formula is C39H22N2O3. The molecule has 0 aliphatic heterocycles. The van der Waals surface area contributed by atoms with Crippen LogP contribution in [0, 0.1) is 0 Å². The van der Waals surface area contributed by atoms with Crippen LogP contribution in [-0.4, -0.2) is 4.98 Å². The zero-order chi connectivity index (χ0) is 28.8. The fourth-order valence-electron chi connectivity index (χ4n) is 6.63. The normalized spacial score (nSPS) is 12.1. The molecule has 6 aromatic carbocycles. The summed E-state index contributed by atoms with van der Waals surface area (Å²) in [6, 6.07) is 43.8. The Labute approximate surface area is 250 Å². The molecular weight excluding hydrogens is 544 g/mol. The van der Waals surface area contributed by atoms with Gasteiger partial charge in [-0.05, 0) is 72.8 Å².